The maximum atomic E-state index is 14.0. The molecule has 8 atom stereocenters. The van der Waals surface area contributed by atoms with Crippen molar-refractivity contribution in [2.45, 2.75) is 30.6 Å². The number of primary amides is 1. The Bertz CT molecular complexity index is 1510. The Labute approximate surface area is 228 Å². The van der Waals surface area contributed by atoms with Crippen LogP contribution in [0.3, 0.4) is 0 Å². The van der Waals surface area contributed by atoms with Crippen LogP contribution < -0.4 is 5.73 Å². The number of hydrogen-bond acceptors (Lipinski definition) is 10. The number of aromatic hydroxyl groups is 1. The zero-order chi connectivity index (χ0) is 29.4. The number of nitrogens with two attached hydrogens (primary N) is 1. The van der Waals surface area contributed by atoms with Crippen LogP contribution in [-0.2, 0) is 19.2 Å². The lowest BCUT2D eigenvalue weighted by molar-refractivity contribution is -0.196. The van der Waals surface area contributed by atoms with Crippen molar-refractivity contribution < 1.29 is 44.1 Å². The van der Waals surface area contributed by atoms with Crippen LogP contribution in [0.15, 0.2) is 36.4 Å². The Morgan fingerprint density at radius 3 is 2.35 bits per heavy atom. The molecule has 0 radical (unpaired) electrons. The minimum atomic E-state index is -3.05. The number of aliphatic hydroxyl groups is 2. The third-order valence-electron chi connectivity index (χ3n) is 8.80. The zero-order valence-corrected chi connectivity index (χ0v) is 21.9. The second kappa shape index (κ2) is 9.26. The van der Waals surface area contributed by atoms with Gasteiger partial charge in [0.15, 0.2) is 34.7 Å². The van der Waals surface area contributed by atoms with E-state index >= 15 is 0 Å². The number of carbonyl (C=O) groups is 6. The number of nitrogens with zero attached hydrogens (tertiary/aromatic N) is 1. The molecule has 2 saturated carbocycles. The summed E-state index contributed by atoms with van der Waals surface area (Å²) < 4.78 is 0. The van der Waals surface area contributed by atoms with Gasteiger partial charge in [0.1, 0.15) is 12.0 Å². The Balaban J connectivity index is 1.75. The second-order valence-corrected chi connectivity index (χ2v) is 11.0. The van der Waals surface area contributed by atoms with Crippen LogP contribution in [0.25, 0.3) is 11.1 Å². The Kier molecular flexibility index (Phi) is 6.36. The second-order valence-electron chi connectivity index (χ2n) is 11.0. The number of aliphatic hydroxyl groups excluding tert-OH is 1. The number of aldehydes is 1. The molecule has 11 nitrogen and oxygen atoms in total. The average Bonchev–Trinajstić information content (AvgIpc) is 2.90. The molecular formula is C29H28N2O9. The normalized spacial score (nSPS) is 33.3. The largest absolute Gasteiger partial charge is 0.507 e. The maximum Gasteiger partial charge on any atom is 0.235 e. The predicted octanol–water partition coefficient (Wildman–Crippen LogP) is -0.122. The first-order valence-corrected chi connectivity index (χ1v) is 12.7. The summed E-state index contributed by atoms with van der Waals surface area (Å²) in [7, 11) is 2.86. The third kappa shape index (κ3) is 3.48. The third-order valence-corrected chi connectivity index (χ3v) is 8.80. The summed E-state index contributed by atoms with van der Waals surface area (Å²) >= 11 is 0. The van der Waals surface area contributed by atoms with E-state index in [1.165, 1.54) is 25.1 Å². The number of Topliss-reactive ketones (excluding diaryl/α,β-unsaturated/α-hetero) is 4. The molecule has 0 aliphatic heterocycles. The maximum absolute atomic E-state index is 14.0. The molecule has 5 N–H and O–H groups in total. The molecule has 2 fully saturated rings. The predicted molar refractivity (Wildman–Crippen MR) is 138 cm³/mol. The topological polar surface area (TPSA) is 192 Å². The van der Waals surface area contributed by atoms with Crippen LogP contribution in [0, 0.1) is 23.7 Å². The van der Waals surface area contributed by atoms with Crippen LogP contribution in [0.1, 0.15) is 39.1 Å². The van der Waals surface area contributed by atoms with E-state index in [-0.39, 0.29) is 5.56 Å². The first kappa shape index (κ1) is 27.5. The number of phenols is 1. The van der Waals surface area contributed by atoms with E-state index in [0.29, 0.717) is 28.5 Å². The number of likely N-dealkylation sites (N-methyl/N-ethyl adjacent to an activating group) is 1. The van der Waals surface area contributed by atoms with Crippen LogP contribution in [0.2, 0.25) is 0 Å². The van der Waals surface area contributed by atoms with Crippen molar-refractivity contribution in [3.63, 3.8) is 0 Å². The number of ketones is 4. The lowest BCUT2D eigenvalue weighted by Gasteiger charge is -2.56. The van der Waals surface area contributed by atoms with Gasteiger partial charge in [-0.3, -0.25) is 33.7 Å². The van der Waals surface area contributed by atoms with Gasteiger partial charge in [-0.2, -0.15) is 0 Å². The van der Waals surface area contributed by atoms with Crippen molar-refractivity contribution in [1.82, 2.24) is 4.90 Å². The molecule has 5 rings (SSSR count). The molecule has 40 heavy (non-hydrogen) atoms. The number of benzene rings is 2. The molecule has 0 bridgehead atoms. The molecule has 3 aliphatic rings. The summed E-state index contributed by atoms with van der Waals surface area (Å²) in [6.07, 6.45) is -1.08. The minimum absolute atomic E-state index is 0.208. The van der Waals surface area contributed by atoms with Crippen molar-refractivity contribution in [3.8, 4) is 16.9 Å². The fourth-order valence-corrected chi connectivity index (χ4v) is 7.10. The summed E-state index contributed by atoms with van der Waals surface area (Å²) in [5, 5.41) is 34.3. The van der Waals surface area contributed by atoms with E-state index in [0.717, 1.165) is 0 Å². The van der Waals surface area contributed by atoms with Gasteiger partial charge < -0.3 is 21.1 Å². The number of phenolic OH excluding ortho intramolecular Hbond substituents is 1. The van der Waals surface area contributed by atoms with Gasteiger partial charge in [-0.15, -0.1) is 0 Å². The van der Waals surface area contributed by atoms with Crippen LogP contribution in [-0.4, -0.2) is 87.4 Å². The van der Waals surface area contributed by atoms with Crippen LogP contribution in [0.4, 0.5) is 0 Å². The Morgan fingerprint density at radius 2 is 1.75 bits per heavy atom. The SMILES string of the molecule is C[C@@H]1c2c(-c3cccc(C=O)c3)ccc(O)c2C(=O)C2C(=O)[C@@]3(O)C(=O)C(C(N)=O)C(=O)[C@H](N(C)C)[C@H]3[C@H](O)[C@H]21. The summed E-state index contributed by atoms with van der Waals surface area (Å²) in [5.41, 5.74) is 3.76. The van der Waals surface area contributed by atoms with Gasteiger partial charge >= 0.3 is 0 Å². The highest BCUT2D eigenvalue weighted by molar-refractivity contribution is 6.32. The standard InChI is InChI=1S/C29H28N2O9/c1-11-16-14(13-6-4-5-12(9-13)10-32)7-8-15(33)18(16)23(34)19-17(11)24(35)21-22(31(2)3)25(36)20(28(30)39)27(38)29(21,40)26(19)37/h4-11,17,19-22,24,33,35,40H,1-3H3,(H2,30,39)/t11-,17+,19?,20?,21+,22-,24-,29-/m1/s1. The molecule has 0 saturated heterocycles. The van der Waals surface area contributed by atoms with Gasteiger partial charge in [-0.05, 0) is 48.8 Å². The fraction of sp³-hybridized carbons (Fsp3) is 0.379. The van der Waals surface area contributed by atoms with E-state index in [9.17, 15) is 44.1 Å². The first-order chi connectivity index (χ1) is 18.8. The molecule has 3 aliphatic carbocycles. The summed E-state index contributed by atoms with van der Waals surface area (Å²) in [6, 6.07) is 7.91. The molecule has 1 amide bonds. The van der Waals surface area contributed by atoms with Crippen molar-refractivity contribution in [1.29, 1.82) is 0 Å². The van der Waals surface area contributed by atoms with Crippen LogP contribution >= 0.6 is 0 Å². The fourth-order valence-electron chi connectivity index (χ4n) is 7.10. The number of carbonyl (C=O) groups excluding carboxylic acids is 6. The molecule has 2 unspecified atom stereocenters. The highest BCUT2D eigenvalue weighted by Crippen LogP contribution is 2.55. The summed E-state index contributed by atoms with van der Waals surface area (Å²) in [6.45, 7) is 1.64. The highest BCUT2D eigenvalue weighted by Gasteiger charge is 2.73. The summed E-state index contributed by atoms with van der Waals surface area (Å²) in [5.74, 6) is -14.0. The molecule has 2 aromatic rings. The van der Waals surface area contributed by atoms with Crippen LogP contribution in [0.5, 0.6) is 5.75 Å². The smallest absolute Gasteiger partial charge is 0.235 e. The molecule has 2 aromatic carbocycles. The van der Waals surface area contributed by atoms with E-state index in [1.54, 1.807) is 37.3 Å². The monoisotopic (exact) mass is 548 g/mol. The number of rotatable bonds is 4. The Morgan fingerprint density at radius 1 is 1.07 bits per heavy atom. The quantitative estimate of drug-likeness (QED) is 0.296. The molecule has 11 heteroatoms. The highest BCUT2D eigenvalue weighted by atomic mass is 16.3. The number of amides is 1. The van der Waals surface area contributed by atoms with E-state index in [1.807, 2.05) is 0 Å². The molecule has 0 spiro atoms. The van der Waals surface area contributed by atoms with Crippen molar-refractivity contribution >= 4 is 35.3 Å². The number of hydrogen-bond donors (Lipinski definition) is 4. The first-order valence-electron chi connectivity index (χ1n) is 12.7. The van der Waals surface area contributed by atoms with E-state index < -0.39 is 82.1 Å². The van der Waals surface area contributed by atoms with Crippen molar-refractivity contribution in [3.05, 3.63) is 53.1 Å². The van der Waals surface area contributed by atoms with Gasteiger partial charge in [0.2, 0.25) is 5.91 Å². The molecule has 0 heterocycles. The van der Waals surface area contributed by atoms with E-state index in [2.05, 4.69) is 0 Å². The average molecular weight is 549 g/mol. The Hall–Kier alpha value is -4.06. The molecular weight excluding hydrogens is 520 g/mol. The van der Waals surface area contributed by atoms with E-state index in [4.69, 9.17) is 5.73 Å². The lowest BCUT2D eigenvalue weighted by Crippen LogP contribution is -2.77. The van der Waals surface area contributed by atoms with Gasteiger partial charge in [-0.1, -0.05) is 31.2 Å². The van der Waals surface area contributed by atoms with Crippen molar-refractivity contribution in [2.24, 2.45) is 29.4 Å². The van der Waals surface area contributed by atoms with Gasteiger partial charge in [-0.25, -0.2) is 0 Å². The lowest BCUT2D eigenvalue weighted by atomic mass is 9.49. The molecule has 0 aromatic heterocycles. The number of fused-ring (bicyclic) bond motifs is 3. The van der Waals surface area contributed by atoms with Gasteiger partial charge in [0.05, 0.1) is 29.5 Å². The minimum Gasteiger partial charge on any atom is -0.507 e. The zero-order valence-electron chi connectivity index (χ0n) is 21.9. The van der Waals surface area contributed by atoms with Crippen molar-refractivity contribution in [2.75, 3.05) is 14.1 Å². The molecule has 208 valence electrons. The van der Waals surface area contributed by atoms with Gasteiger partial charge in [0, 0.05) is 11.5 Å². The summed E-state index contributed by atoms with van der Waals surface area (Å²) in [4.78, 5) is 79.5. The van der Waals surface area contributed by atoms with Gasteiger partial charge in [0.25, 0.3) is 0 Å².